The fourth-order valence-electron chi connectivity index (χ4n) is 1.28. The highest BCUT2D eigenvalue weighted by molar-refractivity contribution is 5.64. The van der Waals surface area contributed by atoms with Gasteiger partial charge in [0.15, 0.2) is 0 Å². The lowest BCUT2D eigenvalue weighted by molar-refractivity contribution is -0.393. The molecule has 2 aromatic rings. The number of anilines is 2. The van der Waals surface area contributed by atoms with E-state index in [-0.39, 0.29) is 5.95 Å². The Kier molecular flexibility index (Phi) is 2.63. The third-order valence-electron chi connectivity index (χ3n) is 2.08. The fourth-order valence-corrected chi connectivity index (χ4v) is 1.28. The quantitative estimate of drug-likeness (QED) is 0.515. The lowest BCUT2D eigenvalue weighted by atomic mass is 10.3. The number of nitro groups is 2. The van der Waals surface area contributed by atoms with Crippen LogP contribution in [0.3, 0.4) is 0 Å². The van der Waals surface area contributed by atoms with E-state index < -0.39 is 32.9 Å². The lowest BCUT2D eigenvalue weighted by Crippen LogP contribution is -2.11. The molecule has 0 saturated carbocycles. The number of tetrazole rings is 1. The van der Waals surface area contributed by atoms with Gasteiger partial charge in [0.2, 0.25) is 17.6 Å². The minimum absolute atomic E-state index is 0.274. The molecule has 0 amide bonds. The summed E-state index contributed by atoms with van der Waals surface area (Å²) in [4.78, 5) is 23.3. The van der Waals surface area contributed by atoms with Crippen molar-refractivity contribution >= 4 is 23.1 Å². The fraction of sp³-hybridized carbons (Fsp3) is 0. The number of nitrogens with zero attached hydrogens (tertiary/aromatic N) is 7. The summed E-state index contributed by atoms with van der Waals surface area (Å²) < 4.78 is 0.748. The van der Waals surface area contributed by atoms with Crippen LogP contribution < -0.4 is 11.5 Å². The maximum absolute atomic E-state index is 10.9. The van der Waals surface area contributed by atoms with E-state index in [2.05, 4.69) is 20.5 Å². The zero-order valence-corrected chi connectivity index (χ0v) is 9.00. The molecule has 0 aliphatic heterocycles. The first-order valence-electron chi connectivity index (χ1n) is 4.55. The number of nitrogen functional groups attached to an aromatic ring is 2. The van der Waals surface area contributed by atoms with E-state index in [0.29, 0.717) is 6.07 Å². The highest BCUT2D eigenvalue weighted by Gasteiger charge is 2.27. The topological polar surface area (TPSA) is 195 Å². The molecule has 0 radical (unpaired) electrons. The Bertz CT molecular complexity index is 679. The number of rotatable bonds is 3. The Morgan fingerprint density at radius 2 is 1.79 bits per heavy atom. The number of pyridine rings is 1. The monoisotopic (exact) mass is 267 g/mol. The Hall–Kier alpha value is -3.38. The van der Waals surface area contributed by atoms with Gasteiger partial charge in [-0.3, -0.25) is 20.2 Å². The number of nitrogens with two attached hydrogens (primary N) is 2. The van der Waals surface area contributed by atoms with Crippen molar-refractivity contribution in [3.8, 4) is 5.82 Å². The van der Waals surface area contributed by atoms with Crippen LogP contribution in [-0.4, -0.2) is 35.0 Å². The smallest absolute Gasteiger partial charge is 0.320 e. The van der Waals surface area contributed by atoms with Crippen molar-refractivity contribution in [3.63, 3.8) is 0 Å². The summed E-state index contributed by atoms with van der Waals surface area (Å²) in [5.74, 6) is -1.19. The van der Waals surface area contributed by atoms with Crippen molar-refractivity contribution in [2.24, 2.45) is 0 Å². The highest BCUT2D eigenvalue weighted by Crippen LogP contribution is 2.30. The van der Waals surface area contributed by atoms with Crippen molar-refractivity contribution < 1.29 is 9.85 Å². The van der Waals surface area contributed by atoms with E-state index in [1.807, 2.05) is 0 Å². The van der Waals surface area contributed by atoms with Crippen molar-refractivity contribution in [3.05, 3.63) is 26.3 Å². The molecule has 0 atom stereocenters. The molecule has 0 saturated heterocycles. The Labute approximate surface area is 103 Å². The zero-order chi connectivity index (χ0) is 14.2. The summed E-state index contributed by atoms with van der Waals surface area (Å²) in [7, 11) is 0. The first-order chi connectivity index (χ1) is 8.91. The molecular weight excluding hydrogens is 262 g/mol. The van der Waals surface area contributed by atoms with Gasteiger partial charge >= 0.3 is 11.4 Å². The highest BCUT2D eigenvalue weighted by atomic mass is 16.6. The predicted octanol–water partition coefficient (Wildman–Crippen LogP) is -0.962. The largest absolute Gasteiger partial charge is 0.378 e. The van der Waals surface area contributed by atoms with Gasteiger partial charge in [0, 0.05) is 0 Å². The molecule has 2 rings (SSSR count). The molecule has 13 nitrogen and oxygen atoms in total. The van der Waals surface area contributed by atoms with Crippen LogP contribution in [0.15, 0.2) is 6.07 Å². The average Bonchev–Trinajstić information content (AvgIpc) is 2.74. The van der Waals surface area contributed by atoms with E-state index in [0.717, 1.165) is 4.68 Å². The molecule has 0 fully saturated rings. The third kappa shape index (κ3) is 1.94. The molecule has 2 heterocycles. The van der Waals surface area contributed by atoms with Gasteiger partial charge in [0.25, 0.3) is 0 Å². The van der Waals surface area contributed by atoms with Crippen molar-refractivity contribution in [1.29, 1.82) is 0 Å². The summed E-state index contributed by atoms with van der Waals surface area (Å²) in [6, 6.07) is 0.665. The molecule has 0 bridgehead atoms. The molecule has 0 aliphatic rings. The Morgan fingerprint density at radius 1 is 1.16 bits per heavy atom. The van der Waals surface area contributed by atoms with Crippen molar-refractivity contribution in [2.45, 2.75) is 0 Å². The summed E-state index contributed by atoms with van der Waals surface area (Å²) in [6.45, 7) is 0. The van der Waals surface area contributed by atoms with Gasteiger partial charge in [-0.1, -0.05) is 5.10 Å². The molecular formula is C6H5N9O4. The molecule has 4 N–H and O–H groups in total. The van der Waals surface area contributed by atoms with Crippen molar-refractivity contribution in [1.82, 2.24) is 25.2 Å². The maximum atomic E-state index is 10.9. The van der Waals surface area contributed by atoms with E-state index >= 15 is 0 Å². The number of hydrogen-bond donors (Lipinski definition) is 2. The summed E-state index contributed by atoms with van der Waals surface area (Å²) >= 11 is 0. The normalized spacial score (nSPS) is 10.3. The maximum Gasteiger partial charge on any atom is 0.320 e. The lowest BCUT2D eigenvalue weighted by Gasteiger charge is -2.03. The van der Waals surface area contributed by atoms with Crippen LogP contribution in [-0.2, 0) is 0 Å². The average molecular weight is 267 g/mol. The van der Waals surface area contributed by atoms with Gasteiger partial charge in [-0.15, -0.1) is 0 Å². The van der Waals surface area contributed by atoms with E-state index in [4.69, 9.17) is 11.5 Å². The standard InChI is InChI=1S/C6H5N9O4/c7-4-2(14(16)17)1-3(15(18)19)5(9-4)13-6(8)10-11-12-13/h1H,(H2,7,9)(H2,8,10,12). The Balaban J connectivity index is 2.74. The summed E-state index contributed by atoms with van der Waals surface area (Å²) in [5, 5.41) is 31.4. The SMILES string of the molecule is Nc1nc(-n2nnnc2N)c([N+](=O)[O-])cc1[N+](=O)[O-]. The first kappa shape index (κ1) is 12.1. The number of aromatic nitrogens is 5. The molecule has 2 aromatic heterocycles. The van der Waals surface area contributed by atoms with Crippen LogP contribution in [0.25, 0.3) is 5.82 Å². The van der Waals surface area contributed by atoms with Crippen LogP contribution in [0, 0.1) is 20.2 Å². The second kappa shape index (κ2) is 4.13. The van der Waals surface area contributed by atoms with Crippen LogP contribution in [0.4, 0.5) is 23.1 Å². The van der Waals surface area contributed by atoms with Crippen LogP contribution in [0.5, 0.6) is 0 Å². The van der Waals surface area contributed by atoms with Gasteiger partial charge in [-0.05, 0) is 10.4 Å². The molecule has 13 heteroatoms. The second-order valence-corrected chi connectivity index (χ2v) is 3.20. The van der Waals surface area contributed by atoms with Gasteiger partial charge < -0.3 is 11.5 Å². The molecule has 0 aliphatic carbocycles. The molecule has 0 aromatic carbocycles. The van der Waals surface area contributed by atoms with Crippen LogP contribution >= 0.6 is 0 Å². The van der Waals surface area contributed by atoms with Crippen LogP contribution in [0.1, 0.15) is 0 Å². The van der Waals surface area contributed by atoms with E-state index in [1.165, 1.54) is 0 Å². The van der Waals surface area contributed by atoms with E-state index in [1.54, 1.807) is 0 Å². The second-order valence-electron chi connectivity index (χ2n) is 3.20. The van der Waals surface area contributed by atoms with Crippen LogP contribution in [0.2, 0.25) is 0 Å². The molecule has 19 heavy (non-hydrogen) atoms. The third-order valence-corrected chi connectivity index (χ3v) is 2.08. The number of hydrogen-bond acceptors (Lipinski definition) is 10. The molecule has 0 spiro atoms. The van der Waals surface area contributed by atoms with E-state index in [9.17, 15) is 20.2 Å². The molecule has 98 valence electrons. The predicted molar refractivity (Wildman–Crippen MR) is 59.1 cm³/mol. The van der Waals surface area contributed by atoms with Crippen molar-refractivity contribution in [2.75, 3.05) is 11.5 Å². The van der Waals surface area contributed by atoms with Gasteiger partial charge in [-0.25, -0.2) is 0 Å². The summed E-state index contributed by atoms with van der Waals surface area (Å²) in [5.41, 5.74) is 9.34. The summed E-state index contributed by atoms with van der Waals surface area (Å²) in [6.07, 6.45) is 0. The van der Waals surface area contributed by atoms with Gasteiger partial charge in [0.1, 0.15) is 6.07 Å². The Morgan fingerprint density at radius 3 is 2.26 bits per heavy atom. The minimum Gasteiger partial charge on any atom is -0.378 e. The minimum atomic E-state index is -0.887. The van der Waals surface area contributed by atoms with Gasteiger partial charge in [-0.2, -0.15) is 9.67 Å². The zero-order valence-electron chi connectivity index (χ0n) is 9.00. The van der Waals surface area contributed by atoms with Gasteiger partial charge in [0.05, 0.1) is 9.85 Å². The first-order valence-corrected chi connectivity index (χ1v) is 4.55. The molecule has 0 unspecified atom stereocenters.